The Balaban J connectivity index is 1.69. The van der Waals surface area contributed by atoms with Crippen LogP contribution in [0.1, 0.15) is 31.9 Å². The minimum atomic E-state index is 0.824. The molecular weight excluding hydrogens is 196 g/mol. The molecule has 1 aliphatic carbocycles. The van der Waals surface area contributed by atoms with Crippen molar-refractivity contribution < 1.29 is 0 Å². The van der Waals surface area contributed by atoms with Crippen LogP contribution in [0.25, 0.3) is 0 Å². The van der Waals surface area contributed by atoms with Gasteiger partial charge in [-0.05, 0) is 44.9 Å². The summed E-state index contributed by atoms with van der Waals surface area (Å²) in [7, 11) is 0. The minimum absolute atomic E-state index is 0.824. The second-order valence-electron chi connectivity index (χ2n) is 4.57. The summed E-state index contributed by atoms with van der Waals surface area (Å²) in [6, 6.07) is 6.91. The van der Waals surface area contributed by atoms with Crippen LogP contribution in [0.5, 0.6) is 0 Å². The van der Waals surface area contributed by atoms with Crippen molar-refractivity contribution in [3.8, 4) is 0 Å². The fourth-order valence-corrected chi connectivity index (χ4v) is 1.75. The van der Waals surface area contributed by atoms with Gasteiger partial charge in [-0.3, -0.25) is 4.98 Å². The SMILES string of the molecule is CC(=CCCNC1CC1)Cc1ccccn1. The van der Waals surface area contributed by atoms with Crippen molar-refractivity contribution >= 4 is 0 Å². The van der Waals surface area contributed by atoms with Crippen LogP contribution in [0.15, 0.2) is 36.0 Å². The summed E-state index contributed by atoms with van der Waals surface area (Å²) in [5.74, 6) is 0. The van der Waals surface area contributed by atoms with Crippen LogP contribution in [-0.2, 0) is 6.42 Å². The number of rotatable bonds is 6. The van der Waals surface area contributed by atoms with E-state index < -0.39 is 0 Å². The van der Waals surface area contributed by atoms with Crippen molar-refractivity contribution in [2.75, 3.05) is 6.54 Å². The van der Waals surface area contributed by atoms with Gasteiger partial charge in [0.25, 0.3) is 0 Å². The lowest BCUT2D eigenvalue weighted by Crippen LogP contribution is -2.16. The van der Waals surface area contributed by atoms with E-state index in [-0.39, 0.29) is 0 Å². The fourth-order valence-electron chi connectivity index (χ4n) is 1.75. The number of nitrogens with zero attached hydrogens (tertiary/aromatic N) is 1. The van der Waals surface area contributed by atoms with Gasteiger partial charge in [0, 0.05) is 24.4 Å². The van der Waals surface area contributed by atoms with Crippen LogP contribution in [0.3, 0.4) is 0 Å². The molecule has 0 atom stereocenters. The molecule has 1 heterocycles. The first-order valence-electron chi connectivity index (χ1n) is 6.13. The second-order valence-corrected chi connectivity index (χ2v) is 4.57. The zero-order valence-corrected chi connectivity index (χ0v) is 9.95. The molecule has 1 aromatic heterocycles. The van der Waals surface area contributed by atoms with Gasteiger partial charge in [0.15, 0.2) is 0 Å². The maximum absolute atomic E-state index is 4.33. The van der Waals surface area contributed by atoms with Gasteiger partial charge in [-0.1, -0.05) is 17.7 Å². The molecule has 1 aromatic rings. The summed E-state index contributed by atoms with van der Waals surface area (Å²) in [4.78, 5) is 4.33. The Morgan fingerprint density at radius 3 is 3.06 bits per heavy atom. The van der Waals surface area contributed by atoms with Gasteiger partial charge in [0.2, 0.25) is 0 Å². The first-order valence-corrected chi connectivity index (χ1v) is 6.13. The summed E-state index contributed by atoms with van der Waals surface area (Å²) < 4.78 is 0. The Bertz CT molecular complexity index is 339. The normalized spacial score (nSPS) is 16.4. The Hall–Kier alpha value is -1.15. The molecule has 2 nitrogen and oxygen atoms in total. The summed E-state index contributed by atoms with van der Waals surface area (Å²) in [6.45, 7) is 3.30. The molecule has 0 radical (unpaired) electrons. The predicted molar refractivity (Wildman–Crippen MR) is 67.3 cm³/mol. The van der Waals surface area contributed by atoms with Crippen LogP contribution in [0.2, 0.25) is 0 Å². The number of pyridine rings is 1. The van der Waals surface area contributed by atoms with Gasteiger partial charge < -0.3 is 5.32 Å². The summed E-state index contributed by atoms with van der Waals surface area (Å²) in [5.41, 5.74) is 2.57. The van der Waals surface area contributed by atoms with Crippen molar-refractivity contribution in [1.29, 1.82) is 0 Å². The lowest BCUT2D eigenvalue weighted by molar-refractivity contribution is 0.688. The number of hydrogen-bond acceptors (Lipinski definition) is 2. The number of allylic oxidation sites excluding steroid dienone is 1. The monoisotopic (exact) mass is 216 g/mol. The van der Waals surface area contributed by atoms with Gasteiger partial charge in [0.1, 0.15) is 0 Å². The Kier molecular flexibility index (Phi) is 4.11. The molecule has 1 fully saturated rings. The molecule has 0 amide bonds. The highest BCUT2D eigenvalue weighted by Gasteiger charge is 2.19. The van der Waals surface area contributed by atoms with E-state index in [2.05, 4.69) is 29.4 Å². The zero-order chi connectivity index (χ0) is 11.2. The van der Waals surface area contributed by atoms with E-state index in [1.54, 1.807) is 0 Å². The topological polar surface area (TPSA) is 24.9 Å². The molecule has 0 bridgehead atoms. The number of aromatic nitrogens is 1. The Morgan fingerprint density at radius 1 is 1.50 bits per heavy atom. The van der Waals surface area contributed by atoms with Crippen molar-refractivity contribution in [2.45, 2.75) is 38.6 Å². The summed E-state index contributed by atoms with van der Waals surface area (Å²) in [6.07, 6.45) is 9.04. The molecule has 1 aliphatic rings. The van der Waals surface area contributed by atoms with E-state index in [0.717, 1.165) is 31.1 Å². The quantitative estimate of drug-likeness (QED) is 0.584. The van der Waals surface area contributed by atoms with Crippen LogP contribution >= 0.6 is 0 Å². The lowest BCUT2D eigenvalue weighted by Gasteiger charge is -2.02. The van der Waals surface area contributed by atoms with Gasteiger partial charge in [0.05, 0.1) is 0 Å². The maximum atomic E-state index is 4.33. The first-order chi connectivity index (χ1) is 7.84. The van der Waals surface area contributed by atoms with E-state index in [1.165, 1.54) is 18.4 Å². The maximum Gasteiger partial charge on any atom is 0.0443 e. The lowest BCUT2D eigenvalue weighted by atomic mass is 10.1. The molecule has 0 aromatic carbocycles. The fraction of sp³-hybridized carbons (Fsp3) is 0.500. The summed E-state index contributed by atoms with van der Waals surface area (Å²) >= 11 is 0. The summed E-state index contributed by atoms with van der Waals surface area (Å²) in [5, 5.41) is 3.52. The van der Waals surface area contributed by atoms with Gasteiger partial charge >= 0.3 is 0 Å². The molecule has 2 rings (SSSR count). The highest BCUT2D eigenvalue weighted by atomic mass is 14.9. The van der Waals surface area contributed by atoms with Crippen LogP contribution < -0.4 is 5.32 Å². The van der Waals surface area contributed by atoms with Crippen molar-refractivity contribution in [3.05, 3.63) is 41.7 Å². The average molecular weight is 216 g/mol. The van der Waals surface area contributed by atoms with Gasteiger partial charge in [-0.15, -0.1) is 0 Å². The van der Waals surface area contributed by atoms with Crippen LogP contribution in [0.4, 0.5) is 0 Å². The first kappa shape index (κ1) is 11.3. The minimum Gasteiger partial charge on any atom is -0.314 e. The molecule has 16 heavy (non-hydrogen) atoms. The largest absolute Gasteiger partial charge is 0.314 e. The molecule has 2 heteroatoms. The molecule has 86 valence electrons. The smallest absolute Gasteiger partial charge is 0.0443 e. The molecule has 0 spiro atoms. The van der Waals surface area contributed by atoms with Crippen molar-refractivity contribution in [1.82, 2.24) is 10.3 Å². The van der Waals surface area contributed by atoms with E-state index in [1.807, 2.05) is 18.3 Å². The van der Waals surface area contributed by atoms with Crippen molar-refractivity contribution in [2.24, 2.45) is 0 Å². The predicted octanol–water partition coefficient (Wildman–Crippen LogP) is 2.71. The molecular formula is C14H20N2. The van der Waals surface area contributed by atoms with Crippen LogP contribution in [0, 0.1) is 0 Å². The highest BCUT2D eigenvalue weighted by molar-refractivity contribution is 5.13. The third kappa shape index (κ3) is 4.15. The van der Waals surface area contributed by atoms with Crippen LogP contribution in [-0.4, -0.2) is 17.6 Å². The van der Waals surface area contributed by atoms with E-state index in [0.29, 0.717) is 0 Å². The highest BCUT2D eigenvalue weighted by Crippen LogP contribution is 2.18. The molecule has 0 aliphatic heterocycles. The second kappa shape index (κ2) is 5.80. The van der Waals surface area contributed by atoms with E-state index in [4.69, 9.17) is 0 Å². The van der Waals surface area contributed by atoms with E-state index in [9.17, 15) is 0 Å². The third-order valence-electron chi connectivity index (χ3n) is 2.83. The molecule has 1 N–H and O–H groups in total. The molecule has 0 saturated heterocycles. The number of nitrogens with one attached hydrogen (secondary N) is 1. The van der Waals surface area contributed by atoms with E-state index >= 15 is 0 Å². The van der Waals surface area contributed by atoms with Gasteiger partial charge in [-0.25, -0.2) is 0 Å². The average Bonchev–Trinajstić information content (AvgIpc) is 3.10. The standard InChI is InChI=1S/C14H20N2/c1-12(5-4-10-15-13-7-8-13)11-14-6-2-3-9-16-14/h2-3,5-6,9,13,15H,4,7-8,10-11H2,1H3. The Morgan fingerprint density at radius 2 is 2.38 bits per heavy atom. The zero-order valence-electron chi connectivity index (χ0n) is 9.95. The van der Waals surface area contributed by atoms with Crippen molar-refractivity contribution in [3.63, 3.8) is 0 Å². The number of hydrogen-bond donors (Lipinski definition) is 1. The third-order valence-corrected chi connectivity index (χ3v) is 2.83. The molecule has 1 saturated carbocycles. The molecule has 0 unspecified atom stereocenters. The van der Waals surface area contributed by atoms with Gasteiger partial charge in [-0.2, -0.15) is 0 Å². The Labute approximate surface area is 97.8 Å².